The summed E-state index contributed by atoms with van der Waals surface area (Å²) in [7, 11) is 0. The molecule has 19 heavy (non-hydrogen) atoms. The minimum atomic E-state index is 0.0693. The van der Waals surface area contributed by atoms with Crippen molar-refractivity contribution in [2.24, 2.45) is 0 Å². The van der Waals surface area contributed by atoms with Crippen LogP contribution in [0.4, 0.5) is 0 Å². The van der Waals surface area contributed by atoms with Crippen LogP contribution in [0.5, 0.6) is 0 Å². The Morgan fingerprint density at radius 3 is 2.68 bits per heavy atom. The largest absolute Gasteiger partial charge is 0.335 e. The highest BCUT2D eigenvalue weighted by Gasteiger charge is 2.23. The number of aromatic amines is 1. The van der Waals surface area contributed by atoms with Crippen molar-refractivity contribution in [2.45, 2.75) is 38.0 Å². The average molecular weight is 262 g/mol. The topological polar surface area (TPSA) is 61.0 Å². The lowest BCUT2D eigenvalue weighted by molar-refractivity contribution is 0.0730. The SMILES string of the molecule is O=C(c1cc(C2CCCCC2)[nH]n1)N1CCNCC1. The van der Waals surface area contributed by atoms with Gasteiger partial charge in [0, 0.05) is 37.8 Å². The van der Waals surface area contributed by atoms with Gasteiger partial charge in [-0.05, 0) is 18.9 Å². The third-order valence-electron chi connectivity index (χ3n) is 4.27. The Kier molecular flexibility index (Phi) is 3.82. The number of aromatic nitrogens is 2. The molecule has 1 aromatic heterocycles. The van der Waals surface area contributed by atoms with Crippen LogP contribution < -0.4 is 5.32 Å². The van der Waals surface area contributed by atoms with E-state index in [-0.39, 0.29) is 5.91 Å². The molecule has 104 valence electrons. The Hall–Kier alpha value is -1.36. The fourth-order valence-corrected chi connectivity index (χ4v) is 3.10. The number of piperazine rings is 1. The maximum absolute atomic E-state index is 12.3. The predicted molar refractivity (Wildman–Crippen MR) is 73.2 cm³/mol. The second-order valence-electron chi connectivity index (χ2n) is 5.59. The third kappa shape index (κ3) is 2.81. The van der Waals surface area contributed by atoms with Crippen LogP contribution in [0.15, 0.2) is 6.07 Å². The van der Waals surface area contributed by atoms with Crippen molar-refractivity contribution >= 4 is 5.91 Å². The predicted octanol–water partition coefficient (Wildman–Crippen LogP) is 1.50. The van der Waals surface area contributed by atoms with Gasteiger partial charge in [0.15, 0.2) is 0 Å². The van der Waals surface area contributed by atoms with E-state index in [9.17, 15) is 4.79 Å². The molecule has 2 fully saturated rings. The quantitative estimate of drug-likeness (QED) is 0.849. The number of carbonyl (C=O) groups is 1. The highest BCUT2D eigenvalue weighted by atomic mass is 16.2. The molecule has 1 aliphatic heterocycles. The lowest BCUT2D eigenvalue weighted by Crippen LogP contribution is -2.46. The minimum Gasteiger partial charge on any atom is -0.335 e. The van der Waals surface area contributed by atoms with Crippen LogP contribution in [0, 0.1) is 0 Å². The van der Waals surface area contributed by atoms with Crippen molar-refractivity contribution in [1.29, 1.82) is 0 Å². The first-order valence-corrected chi connectivity index (χ1v) is 7.40. The molecule has 2 N–H and O–H groups in total. The zero-order valence-electron chi connectivity index (χ0n) is 11.3. The summed E-state index contributed by atoms with van der Waals surface area (Å²) in [4.78, 5) is 14.2. The van der Waals surface area contributed by atoms with Crippen LogP contribution in [-0.4, -0.2) is 47.2 Å². The van der Waals surface area contributed by atoms with Gasteiger partial charge in [0.1, 0.15) is 5.69 Å². The average Bonchev–Trinajstić information content (AvgIpc) is 2.98. The second kappa shape index (κ2) is 5.74. The number of H-pyrrole nitrogens is 1. The third-order valence-corrected chi connectivity index (χ3v) is 4.27. The first-order valence-electron chi connectivity index (χ1n) is 7.40. The van der Waals surface area contributed by atoms with Crippen molar-refractivity contribution in [1.82, 2.24) is 20.4 Å². The van der Waals surface area contributed by atoms with E-state index in [1.807, 2.05) is 11.0 Å². The maximum atomic E-state index is 12.3. The van der Waals surface area contributed by atoms with Gasteiger partial charge in [-0.1, -0.05) is 19.3 Å². The van der Waals surface area contributed by atoms with Crippen LogP contribution >= 0.6 is 0 Å². The summed E-state index contributed by atoms with van der Waals surface area (Å²) < 4.78 is 0. The fourth-order valence-electron chi connectivity index (χ4n) is 3.10. The van der Waals surface area contributed by atoms with Gasteiger partial charge in [-0.25, -0.2) is 0 Å². The van der Waals surface area contributed by atoms with Crippen LogP contribution in [0.1, 0.15) is 54.2 Å². The molecule has 2 heterocycles. The van der Waals surface area contributed by atoms with Crippen LogP contribution in [-0.2, 0) is 0 Å². The summed E-state index contributed by atoms with van der Waals surface area (Å²) in [6, 6.07) is 1.97. The normalized spacial score (nSPS) is 21.6. The molecule has 5 heteroatoms. The van der Waals surface area contributed by atoms with Crippen molar-refractivity contribution in [3.63, 3.8) is 0 Å². The number of hydrogen-bond acceptors (Lipinski definition) is 3. The lowest BCUT2D eigenvalue weighted by Gasteiger charge is -2.26. The molecular formula is C14H22N4O. The van der Waals surface area contributed by atoms with E-state index >= 15 is 0 Å². The molecule has 0 atom stereocenters. The summed E-state index contributed by atoms with van der Waals surface area (Å²) in [5, 5.41) is 10.6. The number of rotatable bonds is 2. The number of hydrogen-bond donors (Lipinski definition) is 2. The Morgan fingerprint density at radius 1 is 1.21 bits per heavy atom. The Morgan fingerprint density at radius 2 is 1.95 bits per heavy atom. The molecule has 1 saturated heterocycles. The van der Waals surface area contributed by atoms with Crippen molar-refractivity contribution in [3.8, 4) is 0 Å². The summed E-state index contributed by atoms with van der Waals surface area (Å²) in [5.41, 5.74) is 1.74. The number of nitrogens with one attached hydrogen (secondary N) is 2. The van der Waals surface area contributed by atoms with Crippen LogP contribution in [0.3, 0.4) is 0 Å². The molecule has 0 radical (unpaired) electrons. The molecule has 2 aliphatic rings. The fraction of sp³-hybridized carbons (Fsp3) is 0.714. The highest BCUT2D eigenvalue weighted by Crippen LogP contribution is 2.31. The van der Waals surface area contributed by atoms with Crippen molar-refractivity contribution in [3.05, 3.63) is 17.5 Å². The Bertz CT molecular complexity index is 430. The molecular weight excluding hydrogens is 240 g/mol. The van der Waals surface area contributed by atoms with E-state index in [0.29, 0.717) is 11.6 Å². The molecule has 5 nitrogen and oxygen atoms in total. The molecule has 3 rings (SSSR count). The van der Waals surface area contributed by atoms with Gasteiger partial charge in [-0.15, -0.1) is 0 Å². The van der Waals surface area contributed by atoms with Gasteiger partial charge in [0.25, 0.3) is 5.91 Å². The van der Waals surface area contributed by atoms with Crippen LogP contribution in [0.25, 0.3) is 0 Å². The summed E-state index contributed by atoms with van der Waals surface area (Å²) in [6.45, 7) is 3.33. The molecule has 1 saturated carbocycles. The standard InChI is InChI=1S/C14H22N4O/c19-14(18-8-6-15-7-9-18)13-10-12(16-17-13)11-4-2-1-3-5-11/h10-11,15H,1-9H2,(H,16,17). The van der Waals surface area contributed by atoms with E-state index in [4.69, 9.17) is 0 Å². The molecule has 1 aromatic rings. The highest BCUT2D eigenvalue weighted by molar-refractivity contribution is 5.92. The second-order valence-corrected chi connectivity index (χ2v) is 5.59. The van der Waals surface area contributed by atoms with Crippen molar-refractivity contribution in [2.75, 3.05) is 26.2 Å². The zero-order valence-corrected chi connectivity index (χ0v) is 11.3. The Labute approximate surface area is 113 Å². The smallest absolute Gasteiger partial charge is 0.274 e. The van der Waals surface area contributed by atoms with E-state index in [1.165, 1.54) is 32.1 Å². The summed E-state index contributed by atoms with van der Waals surface area (Å²) in [5.74, 6) is 0.644. The van der Waals surface area contributed by atoms with Crippen LogP contribution in [0.2, 0.25) is 0 Å². The lowest BCUT2D eigenvalue weighted by atomic mass is 9.87. The van der Waals surface area contributed by atoms with E-state index in [1.54, 1.807) is 0 Å². The summed E-state index contributed by atoms with van der Waals surface area (Å²) in [6.07, 6.45) is 6.39. The number of carbonyl (C=O) groups excluding carboxylic acids is 1. The monoisotopic (exact) mass is 262 g/mol. The minimum absolute atomic E-state index is 0.0693. The van der Waals surface area contributed by atoms with E-state index in [0.717, 1.165) is 31.9 Å². The van der Waals surface area contributed by atoms with Gasteiger partial charge in [0.05, 0.1) is 0 Å². The molecule has 1 aliphatic carbocycles. The van der Waals surface area contributed by atoms with Gasteiger partial charge < -0.3 is 10.2 Å². The van der Waals surface area contributed by atoms with Gasteiger partial charge in [-0.2, -0.15) is 5.10 Å². The van der Waals surface area contributed by atoms with Gasteiger partial charge >= 0.3 is 0 Å². The number of nitrogens with zero attached hydrogens (tertiary/aromatic N) is 2. The zero-order chi connectivity index (χ0) is 13.1. The van der Waals surface area contributed by atoms with E-state index in [2.05, 4.69) is 15.5 Å². The molecule has 1 amide bonds. The van der Waals surface area contributed by atoms with Gasteiger partial charge in [-0.3, -0.25) is 9.89 Å². The first kappa shape index (κ1) is 12.7. The molecule has 0 spiro atoms. The summed E-state index contributed by atoms with van der Waals surface area (Å²) >= 11 is 0. The number of amides is 1. The molecule has 0 unspecified atom stereocenters. The maximum Gasteiger partial charge on any atom is 0.274 e. The van der Waals surface area contributed by atoms with Gasteiger partial charge in [0.2, 0.25) is 0 Å². The van der Waals surface area contributed by atoms with E-state index < -0.39 is 0 Å². The Balaban J connectivity index is 1.67. The molecule has 0 aromatic carbocycles. The van der Waals surface area contributed by atoms with Crippen molar-refractivity contribution < 1.29 is 4.79 Å². The molecule has 0 bridgehead atoms. The first-order chi connectivity index (χ1) is 9.34.